The van der Waals surface area contributed by atoms with Gasteiger partial charge in [-0.1, -0.05) is 11.2 Å². The molecule has 1 amide bonds. The third-order valence-electron chi connectivity index (χ3n) is 3.54. The summed E-state index contributed by atoms with van der Waals surface area (Å²) in [7, 11) is 0. The first kappa shape index (κ1) is 14.3. The molecule has 2 aromatic heterocycles. The zero-order valence-corrected chi connectivity index (χ0v) is 12.6. The number of benzene rings is 1. The molecule has 0 spiro atoms. The fourth-order valence-electron chi connectivity index (χ4n) is 2.34. The van der Waals surface area contributed by atoms with Crippen LogP contribution in [0.1, 0.15) is 16.1 Å². The van der Waals surface area contributed by atoms with Gasteiger partial charge in [0.05, 0.1) is 12.2 Å². The smallest absolute Gasteiger partial charge is 0.251 e. The second kappa shape index (κ2) is 6.04. The molecule has 1 N–H and O–H groups in total. The molecule has 7 nitrogen and oxygen atoms in total. The van der Waals surface area contributed by atoms with Crippen LogP contribution in [-0.2, 0) is 6.54 Å². The van der Waals surface area contributed by atoms with E-state index in [1.54, 1.807) is 30.5 Å². The number of pyridine rings is 1. The molecule has 0 saturated carbocycles. The van der Waals surface area contributed by atoms with Gasteiger partial charge in [-0.2, -0.15) is 0 Å². The number of ether oxygens (including phenoxy) is 2. The second-order valence-electron chi connectivity index (χ2n) is 5.14. The van der Waals surface area contributed by atoms with E-state index in [2.05, 4.69) is 15.5 Å². The van der Waals surface area contributed by atoms with Crippen molar-refractivity contribution in [3.8, 4) is 22.9 Å². The third kappa shape index (κ3) is 2.79. The van der Waals surface area contributed by atoms with Crippen LogP contribution in [0.3, 0.4) is 0 Å². The SMILES string of the molecule is O=C(NCc1cc(-c2ccccn2)no1)c1ccc2c(c1)OCO2. The molecule has 1 aliphatic rings. The van der Waals surface area contributed by atoms with Crippen LogP contribution in [0.4, 0.5) is 0 Å². The molecule has 0 fully saturated rings. The van der Waals surface area contributed by atoms with Gasteiger partial charge in [-0.05, 0) is 30.3 Å². The maximum Gasteiger partial charge on any atom is 0.251 e. The van der Waals surface area contributed by atoms with Crippen LogP contribution in [0.2, 0.25) is 0 Å². The number of carbonyl (C=O) groups excluding carboxylic acids is 1. The number of nitrogens with zero attached hydrogens (tertiary/aromatic N) is 2. The Morgan fingerprint density at radius 1 is 1.08 bits per heavy atom. The minimum Gasteiger partial charge on any atom is -0.454 e. The van der Waals surface area contributed by atoms with E-state index in [1.165, 1.54) is 0 Å². The van der Waals surface area contributed by atoms with Crippen molar-refractivity contribution in [3.05, 3.63) is 60.0 Å². The summed E-state index contributed by atoms with van der Waals surface area (Å²) >= 11 is 0. The Morgan fingerprint density at radius 2 is 2.00 bits per heavy atom. The fraction of sp³-hybridized carbons (Fsp3) is 0.118. The number of nitrogens with one attached hydrogen (secondary N) is 1. The van der Waals surface area contributed by atoms with Gasteiger partial charge < -0.3 is 19.3 Å². The molecule has 0 unspecified atom stereocenters. The van der Waals surface area contributed by atoms with Gasteiger partial charge in [-0.15, -0.1) is 0 Å². The molecule has 0 saturated heterocycles. The average Bonchev–Trinajstić information content (AvgIpc) is 3.29. The fourth-order valence-corrected chi connectivity index (χ4v) is 2.34. The van der Waals surface area contributed by atoms with Crippen molar-refractivity contribution >= 4 is 5.91 Å². The molecule has 0 atom stereocenters. The number of rotatable bonds is 4. The molecule has 3 heterocycles. The molecule has 1 aromatic carbocycles. The molecule has 0 radical (unpaired) electrons. The molecule has 0 aliphatic carbocycles. The van der Waals surface area contributed by atoms with E-state index in [0.717, 1.165) is 5.69 Å². The van der Waals surface area contributed by atoms with Gasteiger partial charge in [0.25, 0.3) is 5.91 Å². The number of amides is 1. The molecular formula is C17H13N3O4. The lowest BCUT2D eigenvalue weighted by Gasteiger charge is -2.03. The summed E-state index contributed by atoms with van der Waals surface area (Å²) < 4.78 is 15.7. The van der Waals surface area contributed by atoms with E-state index in [1.807, 2.05) is 18.2 Å². The van der Waals surface area contributed by atoms with E-state index in [-0.39, 0.29) is 19.2 Å². The number of hydrogen-bond acceptors (Lipinski definition) is 6. The monoisotopic (exact) mass is 323 g/mol. The highest BCUT2D eigenvalue weighted by Gasteiger charge is 2.16. The van der Waals surface area contributed by atoms with Crippen LogP contribution >= 0.6 is 0 Å². The van der Waals surface area contributed by atoms with Crippen LogP contribution in [0.25, 0.3) is 11.4 Å². The Labute approximate surface area is 137 Å². The van der Waals surface area contributed by atoms with Crippen molar-refractivity contribution in [2.45, 2.75) is 6.54 Å². The van der Waals surface area contributed by atoms with Crippen LogP contribution in [0.15, 0.2) is 53.2 Å². The highest BCUT2D eigenvalue weighted by atomic mass is 16.7. The summed E-state index contributed by atoms with van der Waals surface area (Å²) in [6, 6.07) is 12.3. The average molecular weight is 323 g/mol. The van der Waals surface area contributed by atoms with Crippen molar-refractivity contribution in [1.82, 2.24) is 15.5 Å². The zero-order chi connectivity index (χ0) is 16.4. The normalized spacial score (nSPS) is 12.2. The largest absolute Gasteiger partial charge is 0.454 e. The van der Waals surface area contributed by atoms with Gasteiger partial charge in [0.1, 0.15) is 5.69 Å². The maximum atomic E-state index is 12.2. The van der Waals surface area contributed by atoms with E-state index in [9.17, 15) is 4.79 Å². The summed E-state index contributed by atoms with van der Waals surface area (Å²) in [6.07, 6.45) is 1.69. The molecule has 7 heteroatoms. The van der Waals surface area contributed by atoms with Crippen LogP contribution in [-0.4, -0.2) is 22.8 Å². The lowest BCUT2D eigenvalue weighted by molar-refractivity contribution is 0.0946. The lowest BCUT2D eigenvalue weighted by Crippen LogP contribution is -2.22. The summed E-state index contributed by atoms with van der Waals surface area (Å²) in [6.45, 7) is 0.405. The molecule has 1 aliphatic heterocycles. The summed E-state index contributed by atoms with van der Waals surface area (Å²) in [5, 5.41) is 6.74. The van der Waals surface area contributed by atoms with E-state index >= 15 is 0 Å². The zero-order valence-electron chi connectivity index (χ0n) is 12.6. The van der Waals surface area contributed by atoms with E-state index in [4.69, 9.17) is 14.0 Å². The third-order valence-corrected chi connectivity index (χ3v) is 3.54. The van der Waals surface area contributed by atoms with Gasteiger partial charge in [0.2, 0.25) is 6.79 Å². The van der Waals surface area contributed by atoms with Crippen LogP contribution in [0, 0.1) is 0 Å². The molecule has 3 aromatic rings. The predicted molar refractivity (Wildman–Crippen MR) is 83.5 cm³/mol. The van der Waals surface area contributed by atoms with E-state index in [0.29, 0.717) is 28.5 Å². The standard InChI is InChI=1S/C17H13N3O4/c21-17(11-4-5-15-16(7-11)23-10-22-15)19-9-12-8-14(20-24-12)13-3-1-2-6-18-13/h1-8H,9-10H2,(H,19,21). The Morgan fingerprint density at radius 3 is 2.88 bits per heavy atom. The predicted octanol–water partition coefficient (Wildman–Crippen LogP) is 2.40. The van der Waals surface area contributed by atoms with Gasteiger partial charge in [0, 0.05) is 17.8 Å². The summed E-state index contributed by atoms with van der Waals surface area (Å²) in [5.41, 5.74) is 1.83. The molecule has 24 heavy (non-hydrogen) atoms. The van der Waals surface area contributed by atoms with E-state index < -0.39 is 0 Å². The Balaban J connectivity index is 1.42. The van der Waals surface area contributed by atoms with Crippen molar-refractivity contribution in [3.63, 3.8) is 0 Å². The first-order valence-corrected chi connectivity index (χ1v) is 7.34. The number of carbonyl (C=O) groups is 1. The maximum absolute atomic E-state index is 12.2. The second-order valence-corrected chi connectivity index (χ2v) is 5.14. The Bertz CT molecular complexity index is 877. The van der Waals surface area contributed by atoms with Crippen molar-refractivity contribution < 1.29 is 18.8 Å². The number of aromatic nitrogens is 2. The minimum atomic E-state index is -0.232. The quantitative estimate of drug-likeness (QED) is 0.793. The summed E-state index contributed by atoms with van der Waals surface area (Å²) in [4.78, 5) is 16.4. The Kier molecular flexibility index (Phi) is 3.59. The van der Waals surface area contributed by atoms with Gasteiger partial charge >= 0.3 is 0 Å². The van der Waals surface area contributed by atoms with Gasteiger partial charge in [-0.25, -0.2) is 0 Å². The number of fused-ring (bicyclic) bond motifs is 1. The van der Waals surface area contributed by atoms with Crippen molar-refractivity contribution in [2.75, 3.05) is 6.79 Å². The van der Waals surface area contributed by atoms with Crippen LogP contribution in [0.5, 0.6) is 11.5 Å². The highest BCUT2D eigenvalue weighted by molar-refractivity contribution is 5.94. The minimum absolute atomic E-state index is 0.175. The van der Waals surface area contributed by atoms with Crippen LogP contribution < -0.4 is 14.8 Å². The molecule has 0 bridgehead atoms. The van der Waals surface area contributed by atoms with Gasteiger partial charge in [-0.3, -0.25) is 9.78 Å². The van der Waals surface area contributed by atoms with Gasteiger partial charge in [0.15, 0.2) is 17.3 Å². The number of hydrogen-bond donors (Lipinski definition) is 1. The summed E-state index contributed by atoms with van der Waals surface area (Å²) in [5.74, 6) is 1.52. The Hall–Kier alpha value is -3.35. The first-order chi connectivity index (χ1) is 11.8. The molecule has 120 valence electrons. The first-order valence-electron chi connectivity index (χ1n) is 7.34. The molecule has 4 rings (SSSR count). The molecular weight excluding hydrogens is 310 g/mol. The highest BCUT2D eigenvalue weighted by Crippen LogP contribution is 2.32. The topological polar surface area (TPSA) is 86.5 Å². The van der Waals surface area contributed by atoms with Crippen molar-refractivity contribution in [1.29, 1.82) is 0 Å². The van der Waals surface area contributed by atoms with Crippen molar-refractivity contribution in [2.24, 2.45) is 0 Å². The lowest BCUT2D eigenvalue weighted by atomic mass is 10.2.